The number of allylic oxidation sites excluding steroid dienone is 24. The maximum absolute atomic E-state index is 13.2. The zero-order chi connectivity index (χ0) is 58.9. The summed E-state index contributed by atoms with van der Waals surface area (Å²) in [6, 6.07) is 0. The van der Waals surface area contributed by atoms with Crippen LogP contribution in [-0.4, -0.2) is 89.2 Å². The Morgan fingerprint density at radius 1 is 0.420 bits per heavy atom. The number of carbonyl (C=O) groups excluding carboxylic acids is 3. The second-order valence-electron chi connectivity index (χ2n) is 20.2. The van der Waals surface area contributed by atoms with Gasteiger partial charge in [0, 0.05) is 19.3 Å². The number of unbranched alkanes of at least 4 members (excludes halogenated alkanes) is 12. The lowest BCUT2D eigenvalue weighted by Gasteiger charge is -2.40. The summed E-state index contributed by atoms with van der Waals surface area (Å²) in [5.74, 6) is -3.35. The highest BCUT2D eigenvalue weighted by Crippen LogP contribution is 2.26. The minimum Gasteiger partial charge on any atom is -0.479 e. The van der Waals surface area contributed by atoms with Crippen molar-refractivity contribution in [3.63, 3.8) is 0 Å². The molecule has 0 aromatic rings. The topological polar surface area (TPSA) is 175 Å². The standard InChI is InChI=1S/C69H106O12/c1-4-7-10-13-16-19-22-25-28-30-31-33-35-37-40-43-46-49-52-55-61(70)77-58-60(79-62(71)56-53-50-47-44-41-39-36-32-29-26-23-20-17-14-11-8-5-2)59-78-69-67(65(74)64(73)66(81-69)68(75)76)80-63(72)57-54-51-48-45-42-38-34-27-24-21-18-15-12-9-6-3/h7-8,10-11,16-17,19-20,25-29,31,33-34,36-37,39-40,44,46-47,49,60,64-67,69,73-74H,4-6,9,12-15,18,21-24,30,32,35,38,41-43,45,48,50-59H2,1-3H3,(H,75,76)/b10-7-,11-8-,19-16-,20-17-,28-25-,29-26-,33-31-,34-27-,39-36-,40-37-,47-44-,49-46-. The number of aliphatic hydroxyl groups excluding tert-OH is 2. The lowest BCUT2D eigenvalue weighted by Crippen LogP contribution is -2.61. The molecule has 1 heterocycles. The van der Waals surface area contributed by atoms with Crippen molar-refractivity contribution >= 4 is 23.9 Å². The molecule has 1 aliphatic heterocycles. The smallest absolute Gasteiger partial charge is 0.335 e. The molecule has 0 radical (unpaired) electrons. The predicted molar refractivity (Wildman–Crippen MR) is 330 cm³/mol. The van der Waals surface area contributed by atoms with E-state index >= 15 is 0 Å². The molecule has 0 aromatic heterocycles. The molecule has 0 amide bonds. The molecule has 1 rings (SSSR count). The Labute approximate surface area is 489 Å². The van der Waals surface area contributed by atoms with Gasteiger partial charge in [-0.05, 0) is 122 Å². The highest BCUT2D eigenvalue weighted by Gasteiger charge is 2.50. The minimum atomic E-state index is -1.93. The van der Waals surface area contributed by atoms with Crippen LogP contribution >= 0.6 is 0 Å². The van der Waals surface area contributed by atoms with Crippen LogP contribution in [0.1, 0.15) is 213 Å². The Bertz CT molecular complexity index is 1960. The highest BCUT2D eigenvalue weighted by molar-refractivity contribution is 5.74. The molecule has 0 saturated carbocycles. The van der Waals surface area contributed by atoms with E-state index in [1.807, 2.05) is 24.3 Å². The number of hydrogen-bond acceptors (Lipinski definition) is 11. The van der Waals surface area contributed by atoms with E-state index in [2.05, 4.69) is 142 Å². The fourth-order valence-electron chi connectivity index (χ4n) is 8.25. The molecule has 6 atom stereocenters. The number of carboxylic acid groups (broad SMARTS) is 1. The summed E-state index contributed by atoms with van der Waals surface area (Å²) in [4.78, 5) is 51.2. The van der Waals surface area contributed by atoms with E-state index in [9.17, 15) is 34.5 Å². The second-order valence-corrected chi connectivity index (χ2v) is 20.2. The van der Waals surface area contributed by atoms with Crippen LogP contribution in [0.2, 0.25) is 0 Å². The van der Waals surface area contributed by atoms with Gasteiger partial charge in [-0.15, -0.1) is 0 Å². The maximum Gasteiger partial charge on any atom is 0.335 e. The SMILES string of the molecule is CC/C=C\C/C=C\C/C=C\C/C=C\C/C=C\C/C=C\CCC(=O)OCC(COC1OC(C(=O)O)C(O)C(O)C1OC(=O)CCCCCCC/C=C\CCCCCCCC)OC(=O)CCC/C=C\C/C=C\C/C=C\C/C=C\C/C=C\CC. The fraction of sp³-hybridized carbons (Fsp3) is 0.594. The first-order valence-corrected chi connectivity index (χ1v) is 30.8. The van der Waals surface area contributed by atoms with Crippen molar-refractivity contribution < 1.29 is 58.2 Å². The van der Waals surface area contributed by atoms with E-state index in [4.69, 9.17) is 23.7 Å². The Morgan fingerprint density at radius 3 is 1.28 bits per heavy atom. The van der Waals surface area contributed by atoms with Gasteiger partial charge in [0.05, 0.1) is 6.61 Å². The largest absolute Gasteiger partial charge is 0.479 e. The first-order valence-electron chi connectivity index (χ1n) is 30.8. The van der Waals surface area contributed by atoms with E-state index in [0.29, 0.717) is 32.1 Å². The molecule has 0 aliphatic carbocycles. The van der Waals surface area contributed by atoms with Gasteiger partial charge in [0.25, 0.3) is 0 Å². The lowest BCUT2D eigenvalue weighted by molar-refractivity contribution is -0.301. The second kappa shape index (κ2) is 55.2. The van der Waals surface area contributed by atoms with Crippen LogP contribution < -0.4 is 0 Å². The van der Waals surface area contributed by atoms with Gasteiger partial charge in [0.15, 0.2) is 24.6 Å². The monoisotopic (exact) mass is 1130 g/mol. The molecule has 12 heteroatoms. The van der Waals surface area contributed by atoms with Gasteiger partial charge in [-0.25, -0.2) is 4.79 Å². The van der Waals surface area contributed by atoms with Gasteiger partial charge >= 0.3 is 23.9 Å². The van der Waals surface area contributed by atoms with Crippen LogP contribution in [0, 0.1) is 0 Å². The summed E-state index contributed by atoms with van der Waals surface area (Å²) >= 11 is 0. The van der Waals surface area contributed by atoms with Crippen molar-refractivity contribution in [1.29, 1.82) is 0 Å². The third kappa shape index (κ3) is 44.9. The zero-order valence-electron chi connectivity index (χ0n) is 50.0. The molecule has 6 unspecified atom stereocenters. The van der Waals surface area contributed by atoms with Crippen molar-refractivity contribution in [1.82, 2.24) is 0 Å². The summed E-state index contributed by atoms with van der Waals surface area (Å²) in [5.41, 5.74) is 0. The van der Waals surface area contributed by atoms with Crippen molar-refractivity contribution in [2.75, 3.05) is 13.2 Å². The van der Waals surface area contributed by atoms with Gasteiger partial charge in [0.2, 0.25) is 0 Å². The molecular formula is C69H106O12. The average molecular weight is 1130 g/mol. The molecular weight excluding hydrogens is 1020 g/mol. The number of aliphatic hydroxyl groups is 2. The van der Waals surface area contributed by atoms with Crippen molar-refractivity contribution in [3.8, 4) is 0 Å². The minimum absolute atomic E-state index is 0.0287. The molecule has 0 aromatic carbocycles. The summed E-state index contributed by atoms with van der Waals surface area (Å²) in [7, 11) is 0. The third-order valence-electron chi connectivity index (χ3n) is 12.9. The summed E-state index contributed by atoms with van der Waals surface area (Å²) in [5, 5.41) is 31.5. The van der Waals surface area contributed by atoms with Gasteiger partial charge in [-0.3, -0.25) is 14.4 Å². The van der Waals surface area contributed by atoms with Crippen molar-refractivity contribution in [2.45, 2.75) is 250 Å². The predicted octanol–water partition coefficient (Wildman–Crippen LogP) is 16.3. The molecule has 3 N–H and O–H groups in total. The fourth-order valence-corrected chi connectivity index (χ4v) is 8.25. The van der Waals surface area contributed by atoms with Crippen LogP contribution in [0.25, 0.3) is 0 Å². The van der Waals surface area contributed by atoms with Crippen LogP contribution in [-0.2, 0) is 42.9 Å². The summed E-state index contributed by atoms with van der Waals surface area (Å²) in [6.45, 7) is 5.63. The maximum atomic E-state index is 13.2. The average Bonchev–Trinajstić information content (AvgIpc) is 3.53. The Balaban J connectivity index is 2.79. The molecule has 1 aliphatic rings. The lowest BCUT2D eigenvalue weighted by atomic mass is 9.98. The van der Waals surface area contributed by atoms with Crippen LogP contribution in [0.4, 0.5) is 0 Å². The third-order valence-corrected chi connectivity index (χ3v) is 12.9. The van der Waals surface area contributed by atoms with Gasteiger partial charge in [-0.2, -0.15) is 0 Å². The van der Waals surface area contributed by atoms with Gasteiger partial charge < -0.3 is 39.0 Å². The Kier molecular flexibility index (Phi) is 50.1. The number of carboxylic acids is 1. The normalized spacial score (nSPS) is 18.8. The van der Waals surface area contributed by atoms with E-state index < -0.39 is 67.3 Å². The number of rotatable bonds is 50. The Hall–Kier alpha value is -5.40. The molecule has 1 fully saturated rings. The van der Waals surface area contributed by atoms with Crippen LogP contribution in [0.5, 0.6) is 0 Å². The number of carbonyl (C=O) groups is 4. The molecule has 454 valence electrons. The number of ether oxygens (including phenoxy) is 5. The first-order chi connectivity index (χ1) is 39.6. The van der Waals surface area contributed by atoms with Crippen LogP contribution in [0.15, 0.2) is 146 Å². The van der Waals surface area contributed by atoms with Crippen molar-refractivity contribution in [2.24, 2.45) is 0 Å². The molecule has 81 heavy (non-hydrogen) atoms. The Morgan fingerprint density at radius 2 is 0.815 bits per heavy atom. The number of hydrogen-bond donors (Lipinski definition) is 3. The highest BCUT2D eigenvalue weighted by atomic mass is 16.7. The zero-order valence-corrected chi connectivity index (χ0v) is 50.0. The van der Waals surface area contributed by atoms with E-state index in [0.717, 1.165) is 103 Å². The summed E-state index contributed by atoms with van der Waals surface area (Å²) < 4.78 is 28.3. The van der Waals surface area contributed by atoms with E-state index in [-0.39, 0.29) is 25.9 Å². The molecule has 1 saturated heterocycles. The van der Waals surface area contributed by atoms with Gasteiger partial charge in [0.1, 0.15) is 18.8 Å². The number of esters is 3. The molecule has 0 spiro atoms. The summed E-state index contributed by atoms with van der Waals surface area (Å²) in [6.07, 6.45) is 66.9. The van der Waals surface area contributed by atoms with Crippen molar-refractivity contribution in [3.05, 3.63) is 146 Å². The van der Waals surface area contributed by atoms with Gasteiger partial charge in [-0.1, -0.05) is 218 Å². The molecule has 12 nitrogen and oxygen atoms in total. The number of aliphatic carboxylic acids is 1. The van der Waals surface area contributed by atoms with E-state index in [1.165, 1.54) is 38.5 Å². The van der Waals surface area contributed by atoms with Crippen LogP contribution in [0.3, 0.4) is 0 Å². The first kappa shape index (κ1) is 73.6. The van der Waals surface area contributed by atoms with E-state index in [1.54, 1.807) is 0 Å². The molecule has 0 bridgehead atoms. The quantitative estimate of drug-likeness (QED) is 0.0228.